The predicted molar refractivity (Wildman–Crippen MR) is 128 cm³/mol. The molecule has 0 amide bonds. The number of benzene rings is 2. The second-order valence-corrected chi connectivity index (χ2v) is 10.5. The molecular weight excluding hydrogens is 456 g/mol. The molecule has 0 saturated carbocycles. The number of H-pyrrole nitrogens is 1. The van der Waals surface area contributed by atoms with Gasteiger partial charge in [0.2, 0.25) is 10.0 Å². The van der Waals surface area contributed by atoms with E-state index in [1.54, 1.807) is 6.07 Å². The third-order valence-corrected chi connectivity index (χ3v) is 8.04. The van der Waals surface area contributed by atoms with E-state index in [9.17, 15) is 18.0 Å². The predicted octanol–water partition coefficient (Wildman–Crippen LogP) is 3.30. The van der Waals surface area contributed by atoms with E-state index in [4.69, 9.17) is 4.74 Å². The van der Waals surface area contributed by atoms with E-state index in [-0.39, 0.29) is 35.2 Å². The molecule has 0 spiro atoms. The van der Waals surface area contributed by atoms with Gasteiger partial charge in [-0.1, -0.05) is 12.1 Å². The Bertz CT molecular complexity index is 1370. The molecule has 1 aromatic heterocycles. The molecule has 0 radical (unpaired) electrons. The molecule has 0 bridgehead atoms. The van der Waals surface area contributed by atoms with Crippen molar-refractivity contribution in [2.24, 2.45) is 0 Å². The molecule has 1 aliphatic rings. The number of hydrogen-bond acceptors (Lipinski definition) is 6. The lowest BCUT2D eigenvalue weighted by molar-refractivity contribution is 0.0600. The number of aromatic nitrogens is 1. The van der Waals surface area contributed by atoms with Gasteiger partial charge in [0.15, 0.2) is 0 Å². The number of ether oxygens (including phenoxy) is 2. The molecule has 1 unspecified atom stereocenters. The standard InChI is InChI=1S/C25H28N2O6S/c1-16-6-7-17(2)23-22(16)13-19(24(28)26-23)14-27(15-20-5-4-12-33-20)34(30,31)21-10-8-18(9-11-21)25(29)32-3/h6-11,13,20H,4-5,12,14-15H2,1-3H3,(H,26,28). The molecule has 1 atom stereocenters. The van der Waals surface area contributed by atoms with E-state index < -0.39 is 16.0 Å². The van der Waals surface area contributed by atoms with E-state index in [2.05, 4.69) is 9.72 Å². The van der Waals surface area contributed by atoms with Crippen molar-refractivity contribution in [3.63, 3.8) is 0 Å². The fourth-order valence-electron chi connectivity index (χ4n) is 4.22. The van der Waals surface area contributed by atoms with Crippen LogP contribution in [0.25, 0.3) is 10.9 Å². The maximum absolute atomic E-state index is 13.6. The minimum Gasteiger partial charge on any atom is -0.465 e. The molecule has 1 saturated heterocycles. The third kappa shape index (κ3) is 4.77. The Kier molecular flexibility index (Phi) is 6.88. The minimum atomic E-state index is -3.98. The van der Waals surface area contributed by atoms with Crippen LogP contribution >= 0.6 is 0 Å². The fourth-order valence-corrected chi connectivity index (χ4v) is 5.67. The third-order valence-electron chi connectivity index (χ3n) is 6.21. The van der Waals surface area contributed by atoms with Crippen molar-refractivity contribution in [3.8, 4) is 0 Å². The first-order chi connectivity index (χ1) is 16.2. The summed E-state index contributed by atoms with van der Waals surface area (Å²) in [6, 6.07) is 11.3. The smallest absolute Gasteiger partial charge is 0.337 e. The summed E-state index contributed by atoms with van der Waals surface area (Å²) >= 11 is 0. The summed E-state index contributed by atoms with van der Waals surface area (Å²) in [5.74, 6) is -0.548. The van der Waals surface area contributed by atoms with Crippen molar-refractivity contribution >= 4 is 26.9 Å². The Morgan fingerprint density at radius 1 is 1.15 bits per heavy atom. The number of fused-ring (bicyclic) bond motifs is 1. The number of carbonyl (C=O) groups is 1. The van der Waals surface area contributed by atoms with Gasteiger partial charge in [-0.2, -0.15) is 4.31 Å². The first-order valence-corrected chi connectivity index (χ1v) is 12.6. The number of aromatic amines is 1. The number of carbonyl (C=O) groups excluding carboxylic acids is 1. The highest BCUT2D eigenvalue weighted by Crippen LogP contribution is 2.24. The van der Waals surface area contributed by atoms with Crippen LogP contribution in [0, 0.1) is 13.8 Å². The van der Waals surface area contributed by atoms with Gasteiger partial charge in [0.25, 0.3) is 5.56 Å². The highest BCUT2D eigenvalue weighted by molar-refractivity contribution is 7.89. The van der Waals surface area contributed by atoms with Gasteiger partial charge in [0.1, 0.15) is 0 Å². The van der Waals surface area contributed by atoms with Crippen molar-refractivity contribution in [1.29, 1.82) is 0 Å². The summed E-state index contributed by atoms with van der Waals surface area (Å²) in [6.45, 7) is 4.49. The van der Waals surface area contributed by atoms with Crippen LogP contribution in [0.15, 0.2) is 52.2 Å². The number of nitrogens with zero attached hydrogens (tertiary/aromatic N) is 1. The molecule has 180 valence electrons. The average Bonchev–Trinajstić information content (AvgIpc) is 3.34. The van der Waals surface area contributed by atoms with Crippen molar-refractivity contribution < 1.29 is 22.7 Å². The van der Waals surface area contributed by atoms with Crippen LogP contribution in [-0.2, 0) is 26.0 Å². The van der Waals surface area contributed by atoms with Crippen LogP contribution < -0.4 is 5.56 Å². The zero-order chi connectivity index (χ0) is 24.5. The van der Waals surface area contributed by atoms with Gasteiger partial charge in [-0.3, -0.25) is 4.79 Å². The van der Waals surface area contributed by atoms with Crippen molar-refractivity contribution in [3.05, 3.63) is 75.1 Å². The number of esters is 1. The molecule has 1 N–H and O–H groups in total. The van der Waals surface area contributed by atoms with Crippen molar-refractivity contribution in [2.45, 2.75) is 44.2 Å². The first kappa shape index (κ1) is 24.1. The molecule has 8 nitrogen and oxygen atoms in total. The van der Waals surface area contributed by atoms with Crippen molar-refractivity contribution in [1.82, 2.24) is 9.29 Å². The largest absolute Gasteiger partial charge is 0.465 e. The Morgan fingerprint density at radius 3 is 2.50 bits per heavy atom. The van der Waals surface area contributed by atoms with Crippen LogP contribution in [0.3, 0.4) is 0 Å². The van der Waals surface area contributed by atoms with Crippen LogP contribution in [0.2, 0.25) is 0 Å². The summed E-state index contributed by atoms with van der Waals surface area (Å²) in [6.07, 6.45) is 1.37. The van der Waals surface area contributed by atoms with Gasteiger partial charge in [-0.25, -0.2) is 13.2 Å². The zero-order valence-electron chi connectivity index (χ0n) is 19.5. The van der Waals surface area contributed by atoms with Crippen molar-refractivity contribution in [2.75, 3.05) is 20.3 Å². The molecule has 0 aliphatic carbocycles. The molecule has 34 heavy (non-hydrogen) atoms. The highest BCUT2D eigenvalue weighted by atomic mass is 32.2. The summed E-state index contributed by atoms with van der Waals surface area (Å²) < 4.78 is 38.9. The lowest BCUT2D eigenvalue weighted by Crippen LogP contribution is -2.38. The van der Waals surface area contributed by atoms with E-state index in [0.29, 0.717) is 12.2 Å². The summed E-state index contributed by atoms with van der Waals surface area (Å²) in [5.41, 5.74) is 2.97. The Balaban J connectivity index is 1.73. The topological polar surface area (TPSA) is 106 Å². The lowest BCUT2D eigenvalue weighted by Gasteiger charge is -2.25. The number of pyridine rings is 1. The second-order valence-electron chi connectivity index (χ2n) is 8.56. The zero-order valence-corrected chi connectivity index (χ0v) is 20.3. The minimum absolute atomic E-state index is 0.0300. The molecular formula is C25H28N2O6S. The summed E-state index contributed by atoms with van der Waals surface area (Å²) in [5, 5.41) is 0.881. The maximum atomic E-state index is 13.6. The Hall–Kier alpha value is -3.01. The van der Waals surface area contributed by atoms with Crippen LogP contribution in [0.1, 0.15) is 39.9 Å². The second kappa shape index (κ2) is 9.69. The molecule has 1 aliphatic heterocycles. The van der Waals surface area contributed by atoms with Crippen LogP contribution in [0.4, 0.5) is 0 Å². The van der Waals surface area contributed by atoms with E-state index in [1.807, 2.05) is 26.0 Å². The number of aryl methyl sites for hydroxylation is 2. The molecule has 3 aromatic rings. The van der Waals surface area contributed by atoms with E-state index in [0.717, 1.165) is 34.9 Å². The van der Waals surface area contributed by atoms with Crippen LogP contribution in [0.5, 0.6) is 0 Å². The maximum Gasteiger partial charge on any atom is 0.337 e. The summed E-state index contributed by atoms with van der Waals surface area (Å²) in [4.78, 5) is 27.6. The van der Waals surface area contributed by atoms with Gasteiger partial charge in [0, 0.05) is 30.6 Å². The SMILES string of the molecule is COC(=O)c1ccc(S(=O)(=O)N(Cc2cc3c(C)ccc(C)c3[nH]c2=O)CC2CCCO2)cc1. The molecule has 1 fully saturated rings. The Labute approximate surface area is 198 Å². The average molecular weight is 485 g/mol. The fraction of sp³-hybridized carbons (Fsp3) is 0.360. The van der Waals surface area contributed by atoms with Gasteiger partial charge >= 0.3 is 5.97 Å². The first-order valence-electron chi connectivity index (χ1n) is 11.1. The normalized spacial score (nSPS) is 16.3. The van der Waals surface area contributed by atoms with E-state index in [1.165, 1.54) is 35.7 Å². The van der Waals surface area contributed by atoms with E-state index >= 15 is 0 Å². The number of hydrogen-bond donors (Lipinski definition) is 1. The Morgan fingerprint density at radius 2 is 1.85 bits per heavy atom. The quantitative estimate of drug-likeness (QED) is 0.516. The summed E-state index contributed by atoms with van der Waals surface area (Å²) in [7, 11) is -2.71. The number of sulfonamides is 1. The molecule has 4 rings (SSSR count). The van der Waals surface area contributed by atoms with Gasteiger partial charge < -0.3 is 14.5 Å². The van der Waals surface area contributed by atoms with Gasteiger partial charge in [0.05, 0.1) is 29.2 Å². The molecule has 2 heterocycles. The lowest BCUT2D eigenvalue weighted by atomic mass is 10.0. The van der Waals surface area contributed by atoms with Gasteiger partial charge in [-0.15, -0.1) is 0 Å². The highest BCUT2D eigenvalue weighted by Gasteiger charge is 2.30. The van der Waals surface area contributed by atoms with Crippen LogP contribution in [-0.4, -0.2) is 50.0 Å². The molecule has 9 heteroatoms. The van der Waals surface area contributed by atoms with Gasteiger partial charge in [-0.05, 0) is 68.1 Å². The number of nitrogens with one attached hydrogen (secondary N) is 1. The monoisotopic (exact) mass is 484 g/mol. The number of rotatable bonds is 7. The molecule has 2 aromatic carbocycles. The number of methoxy groups -OCH3 is 1.